The predicted octanol–water partition coefficient (Wildman–Crippen LogP) is 5.50. The third-order valence-electron chi connectivity index (χ3n) is 3.83. The Morgan fingerprint density at radius 2 is 1.57 bits per heavy atom. The van der Waals surface area contributed by atoms with Crippen molar-refractivity contribution in [1.29, 1.82) is 0 Å². The second kappa shape index (κ2) is 8.40. The summed E-state index contributed by atoms with van der Waals surface area (Å²) in [5.41, 5.74) is -3.40. The Morgan fingerprint density at radius 1 is 1.04 bits per heavy atom. The largest absolute Gasteiger partial charge is 0.416 e. The predicted molar refractivity (Wildman–Crippen MR) is 90.0 cm³/mol. The minimum atomic E-state index is -5.04. The highest BCUT2D eigenvalue weighted by molar-refractivity contribution is 6.31. The molecule has 0 fully saturated rings. The van der Waals surface area contributed by atoms with Gasteiger partial charge in [-0.05, 0) is 24.3 Å². The van der Waals surface area contributed by atoms with Gasteiger partial charge in [-0.3, -0.25) is 4.79 Å². The van der Waals surface area contributed by atoms with Gasteiger partial charge in [0, 0.05) is 29.8 Å². The molecule has 1 atom stereocenters. The van der Waals surface area contributed by atoms with Crippen molar-refractivity contribution in [1.82, 2.24) is 5.32 Å². The van der Waals surface area contributed by atoms with Gasteiger partial charge >= 0.3 is 12.4 Å². The van der Waals surface area contributed by atoms with Gasteiger partial charge in [0.15, 0.2) is 0 Å². The van der Waals surface area contributed by atoms with Gasteiger partial charge in [-0.25, -0.2) is 0 Å². The summed E-state index contributed by atoms with van der Waals surface area (Å²) in [6.07, 6.45) is -10.8. The van der Waals surface area contributed by atoms with E-state index in [1.165, 1.54) is 7.11 Å². The van der Waals surface area contributed by atoms with Crippen LogP contribution in [-0.2, 0) is 17.1 Å². The molecule has 0 heterocycles. The van der Waals surface area contributed by atoms with Crippen molar-refractivity contribution in [3.63, 3.8) is 0 Å². The number of ether oxygens (including phenoxy) is 1. The van der Waals surface area contributed by atoms with E-state index < -0.39 is 41.1 Å². The molecule has 2 aromatic rings. The van der Waals surface area contributed by atoms with E-state index in [-0.39, 0.29) is 12.6 Å². The molecule has 0 saturated heterocycles. The number of amides is 1. The number of carbonyl (C=O) groups excluding carboxylic acids is 1. The van der Waals surface area contributed by atoms with E-state index in [9.17, 15) is 31.1 Å². The summed E-state index contributed by atoms with van der Waals surface area (Å²) >= 11 is 6.03. The zero-order chi connectivity index (χ0) is 21.1. The fourth-order valence-electron chi connectivity index (χ4n) is 2.43. The number of halogens is 7. The van der Waals surface area contributed by atoms with Crippen LogP contribution in [0.15, 0.2) is 42.5 Å². The molecule has 2 rings (SSSR count). The third-order valence-corrected chi connectivity index (χ3v) is 4.18. The molecule has 2 aromatic carbocycles. The first-order chi connectivity index (χ1) is 12.9. The lowest BCUT2D eigenvalue weighted by atomic mass is 10.0. The van der Waals surface area contributed by atoms with E-state index >= 15 is 0 Å². The molecule has 1 amide bonds. The van der Waals surface area contributed by atoms with Gasteiger partial charge in [0.1, 0.15) is 6.10 Å². The molecule has 0 saturated carbocycles. The van der Waals surface area contributed by atoms with E-state index in [1.807, 2.05) is 0 Å². The SMILES string of the molecule is COC(CNC(=O)c1cc(C(F)(F)F)cc(C(F)(F)F)c1)c1ccccc1Cl. The number of hydrogen-bond donors (Lipinski definition) is 1. The Hall–Kier alpha value is -2.26. The average Bonchev–Trinajstić information content (AvgIpc) is 2.61. The smallest absolute Gasteiger partial charge is 0.375 e. The van der Waals surface area contributed by atoms with E-state index in [2.05, 4.69) is 5.32 Å². The van der Waals surface area contributed by atoms with Crippen LogP contribution in [0.4, 0.5) is 26.3 Å². The number of alkyl halides is 6. The molecule has 0 spiro atoms. The molecule has 3 nitrogen and oxygen atoms in total. The quantitative estimate of drug-likeness (QED) is 0.643. The monoisotopic (exact) mass is 425 g/mol. The van der Waals surface area contributed by atoms with E-state index in [4.69, 9.17) is 16.3 Å². The van der Waals surface area contributed by atoms with Crippen LogP contribution in [0.1, 0.15) is 33.2 Å². The van der Waals surface area contributed by atoms with E-state index in [0.717, 1.165) is 0 Å². The summed E-state index contributed by atoms with van der Waals surface area (Å²) in [5.74, 6) is -1.11. The minimum absolute atomic E-state index is 0.0432. The zero-order valence-corrected chi connectivity index (χ0v) is 15.0. The van der Waals surface area contributed by atoms with Gasteiger partial charge in [-0.1, -0.05) is 29.8 Å². The van der Waals surface area contributed by atoms with Crippen molar-refractivity contribution in [2.45, 2.75) is 18.5 Å². The second-order valence-corrected chi connectivity index (χ2v) is 6.16. The summed E-state index contributed by atoms with van der Waals surface area (Å²) in [5, 5.41) is 2.61. The van der Waals surface area contributed by atoms with Gasteiger partial charge in [0.2, 0.25) is 0 Å². The Kier molecular flexibility index (Phi) is 6.61. The van der Waals surface area contributed by atoms with Gasteiger partial charge in [-0.15, -0.1) is 0 Å². The fourth-order valence-corrected chi connectivity index (χ4v) is 2.69. The molecule has 0 aromatic heterocycles. The van der Waals surface area contributed by atoms with Crippen molar-refractivity contribution >= 4 is 17.5 Å². The number of methoxy groups -OCH3 is 1. The molecule has 0 aliphatic carbocycles. The van der Waals surface area contributed by atoms with E-state index in [1.54, 1.807) is 24.3 Å². The van der Waals surface area contributed by atoms with Crippen LogP contribution in [0.25, 0.3) is 0 Å². The summed E-state index contributed by atoms with van der Waals surface area (Å²) in [6, 6.07) is 7.21. The van der Waals surface area contributed by atoms with Gasteiger partial charge in [-0.2, -0.15) is 26.3 Å². The molecule has 0 aliphatic heterocycles. The zero-order valence-electron chi connectivity index (χ0n) is 14.3. The molecular weight excluding hydrogens is 412 g/mol. The van der Waals surface area contributed by atoms with Crippen molar-refractivity contribution in [3.05, 3.63) is 69.7 Å². The topological polar surface area (TPSA) is 38.3 Å². The number of hydrogen-bond acceptors (Lipinski definition) is 2. The number of nitrogens with one attached hydrogen (secondary N) is 1. The van der Waals surface area contributed by atoms with Crippen LogP contribution in [0.3, 0.4) is 0 Å². The Balaban J connectivity index is 2.27. The van der Waals surface area contributed by atoms with Crippen molar-refractivity contribution in [2.24, 2.45) is 0 Å². The summed E-state index contributed by atoms with van der Waals surface area (Å²) in [7, 11) is 1.33. The summed E-state index contributed by atoms with van der Waals surface area (Å²) in [4.78, 5) is 12.2. The van der Waals surface area contributed by atoms with Gasteiger partial charge in [0.25, 0.3) is 5.91 Å². The van der Waals surface area contributed by atoms with Gasteiger partial charge < -0.3 is 10.1 Å². The average molecular weight is 426 g/mol. The van der Waals surface area contributed by atoms with Crippen LogP contribution < -0.4 is 5.32 Å². The van der Waals surface area contributed by atoms with E-state index in [0.29, 0.717) is 22.7 Å². The lowest BCUT2D eigenvalue weighted by Crippen LogP contribution is -2.30. The summed E-state index contributed by atoms with van der Waals surface area (Å²) < 4.78 is 82.6. The molecular formula is C18H14ClF6NO2. The lowest BCUT2D eigenvalue weighted by molar-refractivity contribution is -0.143. The lowest BCUT2D eigenvalue weighted by Gasteiger charge is -2.18. The van der Waals surface area contributed by atoms with Crippen LogP contribution in [0.5, 0.6) is 0 Å². The summed E-state index contributed by atoms with van der Waals surface area (Å²) in [6.45, 7) is -0.212. The maximum absolute atomic E-state index is 12.9. The molecule has 10 heteroatoms. The van der Waals surface area contributed by atoms with Crippen molar-refractivity contribution in [2.75, 3.05) is 13.7 Å². The van der Waals surface area contributed by atoms with Crippen LogP contribution in [-0.4, -0.2) is 19.6 Å². The molecule has 0 aliphatic rings. The minimum Gasteiger partial charge on any atom is -0.375 e. The maximum atomic E-state index is 12.9. The van der Waals surface area contributed by atoms with Gasteiger partial charge in [0.05, 0.1) is 11.1 Å². The number of benzene rings is 2. The first kappa shape index (κ1) is 22.0. The Bertz CT molecular complexity index is 818. The van der Waals surface area contributed by atoms with Crippen LogP contribution in [0, 0.1) is 0 Å². The molecule has 152 valence electrons. The molecule has 1 N–H and O–H groups in total. The molecule has 0 bridgehead atoms. The highest BCUT2D eigenvalue weighted by Gasteiger charge is 2.37. The molecule has 0 radical (unpaired) electrons. The maximum Gasteiger partial charge on any atom is 0.416 e. The normalized spacial score (nSPS) is 13.3. The van der Waals surface area contributed by atoms with Crippen LogP contribution in [0.2, 0.25) is 5.02 Å². The first-order valence-electron chi connectivity index (χ1n) is 7.78. The third kappa shape index (κ3) is 5.39. The van der Waals surface area contributed by atoms with Crippen molar-refractivity contribution in [3.8, 4) is 0 Å². The number of rotatable bonds is 5. The molecule has 28 heavy (non-hydrogen) atoms. The highest BCUT2D eigenvalue weighted by atomic mass is 35.5. The standard InChI is InChI=1S/C18H14ClF6NO2/c1-28-15(13-4-2-3-5-14(13)19)9-26-16(27)10-6-11(17(20,21)22)8-12(7-10)18(23,24)25/h2-8,15H,9H2,1H3,(H,26,27). The molecule has 1 unspecified atom stereocenters. The Labute approximate surface area is 161 Å². The van der Waals surface area contributed by atoms with Crippen molar-refractivity contribution < 1.29 is 35.9 Å². The Morgan fingerprint density at radius 3 is 2.04 bits per heavy atom. The first-order valence-corrected chi connectivity index (χ1v) is 8.16. The van der Waals surface area contributed by atoms with Crippen LogP contribution >= 0.6 is 11.6 Å². The number of carbonyl (C=O) groups is 1. The highest BCUT2D eigenvalue weighted by Crippen LogP contribution is 2.36. The second-order valence-electron chi connectivity index (χ2n) is 5.75. The fraction of sp³-hybridized carbons (Fsp3) is 0.278.